The molecular formula is C20H23ClN2O3. The number of hydrogen-bond acceptors (Lipinski definition) is 3. The molecule has 138 valence electrons. The van der Waals surface area contributed by atoms with Gasteiger partial charge in [0.1, 0.15) is 5.75 Å². The van der Waals surface area contributed by atoms with Gasteiger partial charge in [-0.25, -0.2) is 0 Å². The number of benzene rings is 2. The molecule has 0 heterocycles. The molecule has 0 saturated carbocycles. The van der Waals surface area contributed by atoms with Crippen LogP contribution in [0.3, 0.4) is 0 Å². The Morgan fingerprint density at radius 3 is 2.35 bits per heavy atom. The predicted molar refractivity (Wildman–Crippen MR) is 102 cm³/mol. The lowest BCUT2D eigenvalue weighted by Gasteiger charge is -2.20. The summed E-state index contributed by atoms with van der Waals surface area (Å²) in [6.07, 6.45) is 0. The Bertz CT molecular complexity index is 730. The number of rotatable bonds is 8. The van der Waals surface area contributed by atoms with Crippen molar-refractivity contribution in [3.05, 3.63) is 64.7 Å². The quantitative estimate of drug-likeness (QED) is 0.772. The standard InChI is InChI=1S/C20H23ClN2O3/c1-3-23(20(25)14-26-18-10-4-15(2)5-11-18)13-19(24)22-12-16-6-8-17(21)9-7-16/h4-11H,3,12-14H2,1-2H3,(H,22,24). The summed E-state index contributed by atoms with van der Waals surface area (Å²) in [4.78, 5) is 25.8. The first kappa shape index (κ1) is 19.8. The van der Waals surface area contributed by atoms with E-state index in [9.17, 15) is 9.59 Å². The molecule has 0 atom stereocenters. The van der Waals surface area contributed by atoms with Crippen LogP contribution in [0, 0.1) is 6.92 Å². The van der Waals surface area contributed by atoms with Crippen LogP contribution in [0.2, 0.25) is 5.02 Å². The van der Waals surface area contributed by atoms with Crippen molar-refractivity contribution < 1.29 is 14.3 Å². The molecular weight excluding hydrogens is 352 g/mol. The van der Waals surface area contributed by atoms with Crippen LogP contribution >= 0.6 is 11.6 Å². The Morgan fingerprint density at radius 2 is 1.73 bits per heavy atom. The largest absolute Gasteiger partial charge is 0.484 e. The van der Waals surface area contributed by atoms with Gasteiger partial charge in [0.05, 0.1) is 6.54 Å². The number of nitrogens with one attached hydrogen (secondary N) is 1. The van der Waals surface area contributed by atoms with E-state index in [0.717, 1.165) is 11.1 Å². The number of carbonyl (C=O) groups excluding carboxylic acids is 2. The van der Waals surface area contributed by atoms with Crippen LogP contribution in [0.4, 0.5) is 0 Å². The SMILES string of the molecule is CCN(CC(=O)NCc1ccc(Cl)cc1)C(=O)COc1ccc(C)cc1. The van der Waals surface area contributed by atoms with Crippen LogP contribution in [0.15, 0.2) is 48.5 Å². The number of carbonyl (C=O) groups is 2. The summed E-state index contributed by atoms with van der Waals surface area (Å²) in [7, 11) is 0. The van der Waals surface area contributed by atoms with Crippen LogP contribution < -0.4 is 10.1 Å². The van der Waals surface area contributed by atoms with E-state index in [-0.39, 0.29) is 25.0 Å². The molecule has 2 aromatic rings. The summed E-state index contributed by atoms with van der Waals surface area (Å²) < 4.78 is 5.49. The second-order valence-electron chi connectivity index (χ2n) is 5.91. The maximum Gasteiger partial charge on any atom is 0.260 e. The average Bonchev–Trinajstić information content (AvgIpc) is 2.65. The Morgan fingerprint density at radius 1 is 1.08 bits per heavy atom. The number of likely N-dealkylation sites (N-methyl/N-ethyl adjacent to an activating group) is 1. The summed E-state index contributed by atoms with van der Waals surface area (Å²) in [5, 5.41) is 3.45. The minimum Gasteiger partial charge on any atom is -0.484 e. The predicted octanol–water partition coefficient (Wildman–Crippen LogP) is 3.19. The monoisotopic (exact) mass is 374 g/mol. The van der Waals surface area contributed by atoms with Crippen molar-refractivity contribution in [2.45, 2.75) is 20.4 Å². The summed E-state index contributed by atoms with van der Waals surface area (Å²) >= 11 is 5.84. The minimum atomic E-state index is -0.227. The summed E-state index contributed by atoms with van der Waals surface area (Å²) in [6, 6.07) is 14.7. The minimum absolute atomic E-state index is 0.000179. The van der Waals surface area contributed by atoms with Crippen LogP contribution in [0.5, 0.6) is 5.75 Å². The molecule has 0 saturated heterocycles. The average molecular weight is 375 g/mol. The van der Waals surface area contributed by atoms with E-state index in [0.29, 0.717) is 23.9 Å². The van der Waals surface area contributed by atoms with Gasteiger partial charge in [0.2, 0.25) is 5.91 Å². The van der Waals surface area contributed by atoms with Gasteiger partial charge in [-0.15, -0.1) is 0 Å². The van der Waals surface area contributed by atoms with E-state index in [1.54, 1.807) is 12.1 Å². The molecule has 26 heavy (non-hydrogen) atoms. The Balaban J connectivity index is 1.78. The summed E-state index contributed by atoms with van der Waals surface area (Å²) in [5.74, 6) is 0.187. The number of hydrogen-bond donors (Lipinski definition) is 1. The van der Waals surface area contributed by atoms with Gasteiger partial charge in [-0.1, -0.05) is 41.4 Å². The van der Waals surface area contributed by atoms with Gasteiger partial charge in [0.25, 0.3) is 5.91 Å². The summed E-state index contributed by atoms with van der Waals surface area (Å²) in [5.41, 5.74) is 2.07. The molecule has 2 rings (SSSR count). The first-order valence-corrected chi connectivity index (χ1v) is 8.84. The highest BCUT2D eigenvalue weighted by molar-refractivity contribution is 6.30. The Kier molecular flexibility index (Phi) is 7.48. The van der Waals surface area contributed by atoms with E-state index >= 15 is 0 Å². The third kappa shape index (κ3) is 6.41. The van der Waals surface area contributed by atoms with Gasteiger partial charge in [-0.2, -0.15) is 0 Å². The molecule has 0 spiro atoms. The van der Waals surface area contributed by atoms with Gasteiger partial charge < -0.3 is 15.0 Å². The van der Waals surface area contributed by atoms with E-state index < -0.39 is 0 Å². The Hall–Kier alpha value is -2.53. The topological polar surface area (TPSA) is 58.6 Å². The molecule has 2 aromatic carbocycles. The molecule has 0 aliphatic carbocycles. The lowest BCUT2D eigenvalue weighted by molar-refractivity contribution is -0.137. The lowest BCUT2D eigenvalue weighted by atomic mass is 10.2. The van der Waals surface area contributed by atoms with Gasteiger partial charge in [-0.3, -0.25) is 9.59 Å². The van der Waals surface area contributed by atoms with Crippen molar-refractivity contribution in [3.63, 3.8) is 0 Å². The highest BCUT2D eigenvalue weighted by Crippen LogP contribution is 2.11. The number of nitrogens with zero attached hydrogens (tertiary/aromatic N) is 1. The van der Waals surface area contributed by atoms with Crippen molar-refractivity contribution in [2.24, 2.45) is 0 Å². The first-order chi connectivity index (χ1) is 12.5. The second-order valence-corrected chi connectivity index (χ2v) is 6.35. The fourth-order valence-corrected chi connectivity index (χ4v) is 2.41. The van der Waals surface area contributed by atoms with Crippen LogP contribution in [0.25, 0.3) is 0 Å². The molecule has 0 aromatic heterocycles. The van der Waals surface area contributed by atoms with Crippen molar-refractivity contribution in [1.82, 2.24) is 10.2 Å². The molecule has 0 bridgehead atoms. The first-order valence-electron chi connectivity index (χ1n) is 8.46. The normalized spacial score (nSPS) is 10.3. The van der Waals surface area contributed by atoms with E-state index in [1.807, 2.05) is 50.2 Å². The van der Waals surface area contributed by atoms with Gasteiger partial charge in [0.15, 0.2) is 6.61 Å². The maximum atomic E-state index is 12.3. The highest BCUT2D eigenvalue weighted by atomic mass is 35.5. The van der Waals surface area contributed by atoms with Crippen molar-refractivity contribution in [1.29, 1.82) is 0 Å². The van der Waals surface area contributed by atoms with Crippen LogP contribution in [-0.2, 0) is 16.1 Å². The molecule has 0 aliphatic heterocycles. The smallest absolute Gasteiger partial charge is 0.260 e. The maximum absolute atomic E-state index is 12.3. The van der Waals surface area contributed by atoms with Crippen molar-refractivity contribution in [3.8, 4) is 5.75 Å². The molecule has 2 amide bonds. The molecule has 6 heteroatoms. The van der Waals surface area contributed by atoms with E-state index in [4.69, 9.17) is 16.3 Å². The van der Waals surface area contributed by atoms with Crippen LogP contribution in [-0.4, -0.2) is 36.4 Å². The Labute approximate surface area is 158 Å². The van der Waals surface area contributed by atoms with Crippen LogP contribution in [0.1, 0.15) is 18.1 Å². The van der Waals surface area contributed by atoms with Crippen molar-refractivity contribution >= 4 is 23.4 Å². The number of amides is 2. The zero-order valence-corrected chi connectivity index (χ0v) is 15.8. The third-order valence-electron chi connectivity index (χ3n) is 3.86. The third-order valence-corrected chi connectivity index (χ3v) is 4.11. The van der Waals surface area contributed by atoms with E-state index in [2.05, 4.69) is 5.32 Å². The zero-order chi connectivity index (χ0) is 18.9. The number of ether oxygens (including phenoxy) is 1. The lowest BCUT2D eigenvalue weighted by Crippen LogP contribution is -2.42. The molecule has 0 unspecified atom stereocenters. The zero-order valence-electron chi connectivity index (χ0n) is 15.0. The molecule has 0 fully saturated rings. The fourth-order valence-electron chi connectivity index (χ4n) is 2.28. The molecule has 0 aliphatic rings. The molecule has 5 nitrogen and oxygen atoms in total. The molecule has 0 radical (unpaired) electrons. The van der Waals surface area contributed by atoms with Gasteiger partial charge >= 0.3 is 0 Å². The number of halogens is 1. The van der Waals surface area contributed by atoms with Gasteiger partial charge in [0, 0.05) is 18.1 Å². The highest BCUT2D eigenvalue weighted by Gasteiger charge is 2.16. The van der Waals surface area contributed by atoms with Gasteiger partial charge in [-0.05, 0) is 43.7 Å². The summed E-state index contributed by atoms with van der Waals surface area (Å²) in [6.45, 7) is 4.54. The van der Waals surface area contributed by atoms with E-state index in [1.165, 1.54) is 4.90 Å². The fraction of sp³-hybridized carbons (Fsp3) is 0.300. The second kappa shape index (κ2) is 9.82. The number of aryl methyl sites for hydroxylation is 1. The van der Waals surface area contributed by atoms with Crippen molar-refractivity contribution in [2.75, 3.05) is 19.7 Å². The molecule has 1 N–H and O–H groups in total.